The summed E-state index contributed by atoms with van der Waals surface area (Å²) >= 11 is 1.60. The van der Waals surface area contributed by atoms with Gasteiger partial charge in [0.25, 0.3) is 0 Å². The Labute approximate surface area is 122 Å². The number of rotatable bonds is 4. The van der Waals surface area contributed by atoms with E-state index in [-0.39, 0.29) is 17.8 Å². The number of aromatic nitrogens is 1. The highest BCUT2D eigenvalue weighted by Crippen LogP contribution is 2.35. The van der Waals surface area contributed by atoms with Crippen molar-refractivity contribution in [2.45, 2.75) is 30.3 Å². The van der Waals surface area contributed by atoms with Crippen molar-refractivity contribution in [3.05, 3.63) is 46.4 Å². The first-order valence-corrected chi connectivity index (χ1v) is 9.12. The molecule has 0 amide bonds. The van der Waals surface area contributed by atoms with Crippen LogP contribution in [0, 0.1) is 0 Å². The van der Waals surface area contributed by atoms with Gasteiger partial charge in [-0.3, -0.25) is 5.32 Å². The van der Waals surface area contributed by atoms with Crippen LogP contribution in [0.5, 0.6) is 0 Å². The van der Waals surface area contributed by atoms with E-state index in [9.17, 15) is 8.42 Å². The zero-order valence-corrected chi connectivity index (χ0v) is 12.7. The molecule has 2 heterocycles. The van der Waals surface area contributed by atoms with Crippen LogP contribution >= 0.6 is 11.3 Å². The van der Waals surface area contributed by atoms with Gasteiger partial charge in [0.2, 0.25) is 0 Å². The van der Waals surface area contributed by atoms with Crippen molar-refractivity contribution in [2.75, 3.05) is 5.75 Å². The minimum absolute atomic E-state index is 0.0985. The smallest absolute Gasteiger partial charge is 0.180 e. The van der Waals surface area contributed by atoms with E-state index in [1.54, 1.807) is 29.7 Å². The van der Waals surface area contributed by atoms with Gasteiger partial charge in [-0.15, -0.1) is 11.3 Å². The molecule has 3 rings (SSSR count). The van der Waals surface area contributed by atoms with E-state index < -0.39 is 9.84 Å². The summed E-state index contributed by atoms with van der Waals surface area (Å²) in [6, 6.07) is 7.20. The zero-order valence-electron chi connectivity index (χ0n) is 11.1. The van der Waals surface area contributed by atoms with Crippen molar-refractivity contribution in [2.24, 2.45) is 0 Å². The van der Waals surface area contributed by atoms with Crippen molar-refractivity contribution >= 4 is 21.2 Å². The molecular weight excluding hydrogens is 292 g/mol. The van der Waals surface area contributed by atoms with E-state index in [4.69, 9.17) is 0 Å². The molecule has 0 bridgehead atoms. The number of hydrogen-bond donors (Lipinski definition) is 1. The van der Waals surface area contributed by atoms with Crippen LogP contribution in [0.4, 0.5) is 0 Å². The second kappa shape index (κ2) is 5.27. The molecule has 0 saturated carbocycles. The predicted molar refractivity (Wildman–Crippen MR) is 79.5 cm³/mol. The summed E-state index contributed by atoms with van der Waals surface area (Å²) < 4.78 is 24.3. The molecule has 1 aliphatic rings. The molecule has 2 aromatic rings. The monoisotopic (exact) mass is 308 g/mol. The quantitative estimate of drug-likeness (QED) is 0.943. The standard InChI is InChI=1S/C14H16N2O2S2/c1-2-11(14-15-7-8-19-14)16-12-9-20(17,18)13-6-4-3-5-10(12)13/h3-8,11-12,16H,2,9H2,1H3. The van der Waals surface area contributed by atoms with Crippen LogP contribution in [0.2, 0.25) is 0 Å². The molecule has 0 aliphatic carbocycles. The molecule has 2 unspecified atom stereocenters. The Kier molecular flexibility index (Phi) is 3.62. The van der Waals surface area contributed by atoms with Crippen LogP contribution in [0.25, 0.3) is 0 Å². The lowest BCUT2D eigenvalue weighted by Gasteiger charge is -2.20. The molecule has 0 fully saturated rings. The molecule has 2 atom stereocenters. The van der Waals surface area contributed by atoms with E-state index >= 15 is 0 Å². The summed E-state index contributed by atoms with van der Waals surface area (Å²) in [6.45, 7) is 2.08. The third-order valence-electron chi connectivity index (χ3n) is 3.58. The summed E-state index contributed by atoms with van der Waals surface area (Å²) in [6.07, 6.45) is 2.66. The minimum Gasteiger partial charge on any atom is -0.300 e. The van der Waals surface area contributed by atoms with Gasteiger partial charge in [-0.2, -0.15) is 0 Å². The molecule has 0 radical (unpaired) electrons. The highest BCUT2D eigenvalue weighted by Gasteiger charge is 2.35. The Morgan fingerprint density at radius 1 is 1.45 bits per heavy atom. The fourth-order valence-corrected chi connectivity index (χ4v) is 5.13. The normalized spacial score (nSPS) is 21.6. The van der Waals surface area contributed by atoms with Crippen LogP contribution in [-0.2, 0) is 9.84 Å². The van der Waals surface area contributed by atoms with Gasteiger partial charge in [-0.1, -0.05) is 25.1 Å². The minimum atomic E-state index is -3.16. The van der Waals surface area contributed by atoms with E-state index in [1.807, 2.05) is 17.5 Å². The molecule has 1 N–H and O–H groups in total. The second-order valence-electron chi connectivity index (χ2n) is 4.87. The first-order valence-electron chi connectivity index (χ1n) is 6.59. The summed E-state index contributed by atoms with van der Waals surface area (Å²) in [7, 11) is -3.16. The third-order valence-corrected chi connectivity index (χ3v) is 6.28. The molecule has 1 aromatic carbocycles. The fraction of sp³-hybridized carbons (Fsp3) is 0.357. The van der Waals surface area contributed by atoms with Gasteiger partial charge in [-0.25, -0.2) is 13.4 Å². The molecule has 0 spiro atoms. The van der Waals surface area contributed by atoms with Crippen molar-refractivity contribution in [3.63, 3.8) is 0 Å². The van der Waals surface area contributed by atoms with Gasteiger partial charge in [0.05, 0.1) is 16.7 Å². The average molecular weight is 308 g/mol. The van der Waals surface area contributed by atoms with Crippen LogP contribution in [-0.4, -0.2) is 19.2 Å². The summed E-state index contributed by atoms with van der Waals surface area (Å²) in [5.74, 6) is 0.133. The van der Waals surface area contributed by atoms with Gasteiger partial charge in [-0.05, 0) is 18.1 Å². The van der Waals surface area contributed by atoms with Crippen LogP contribution in [0.3, 0.4) is 0 Å². The van der Waals surface area contributed by atoms with Crippen LogP contribution in [0.15, 0.2) is 40.7 Å². The fourth-order valence-electron chi connectivity index (χ4n) is 2.60. The van der Waals surface area contributed by atoms with E-state index in [1.165, 1.54) is 0 Å². The first kappa shape index (κ1) is 13.7. The lowest BCUT2D eigenvalue weighted by Crippen LogP contribution is -2.27. The topological polar surface area (TPSA) is 59.1 Å². The number of fused-ring (bicyclic) bond motifs is 1. The van der Waals surface area contributed by atoms with Gasteiger partial charge >= 0.3 is 0 Å². The highest BCUT2D eigenvalue weighted by atomic mass is 32.2. The van der Waals surface area contributed by atoms with Crippen molar-refractivity contribution in [3.8, 4) is 0 Å². The maximum atomic E-state index is 12.2. The molecule has 1 aliphatic heterocycles. The number of nitrogens with one attached hydrogen (secondary N) is 1. The van der Waals surface area contributed by atoms with E-state index in [2.05, 4.69) is 17.2 Å². The molecule has 0 saturated heterocycles. The maximum absolute atomic E-state index is 12.2. The number of hydrogen-bond acceptors (Lipinski definition) is 5. The number of sulfone groups is 1. The van der Waals surface area contributed by atoms with Crippen molar-refractivity contribution in [1.29, 1.82) is 0 Å². The van der Waals surface area contributed by atoms with E-state index in [0.29, 0.717) is 4.90 Å². The zero-order chi connectivity index (χ0) is 14.2. The second-order valence-corrected chi connectivity index (χ2v) is 7.80. The van der Waals surface area contributed by atoms with Crippen LogP contribution in [0.1, 0.15) is 36.0 Å². The van der Waals surface area contributed by atoms with Gasteiger partial charge < -0.3 is 0 Å². The summed E-state index contributed by atoms with van der Waals surface area (Å²) in [4.78, 5) is 4.79. The Hall–Kier alpha value is -1.24. The summed E-state index contributed by atoms with van der Waals surface area (Å²) in [5, 5.41) is 6.40. The first-order chi connectivity index (χ1) is 9.62. The van der Waals surface area contributed by atoms with Crippen molar-refractivity contribution < 1.29 is 8.42 Å². The lowest BCUT2D eigenvalue weighted by atomic mass is 10.1. The molecule has 20 heavy (non-hydrogen) atoms. The van der Waals surface area contributed by atoms with Gasteiger partial charge in [0.1, 0.15) is 5.01 Å². The van der Waals surface area contributed by atoms with Crippen molar-refractivity contribution in [1.82, 2.24) is 10.3 Å². The number of nitrogens with zero attached hydrogens (tertiary/aromatic N) is 1. The molecule has 4 nitrogen and oxygen atoms in total. The Balaban J connectivity index is 1.90. The number of thiazole rings is 1. The Bertz CT molecular complexity index is 696. The average Bonchev–Trinajstić information content (AvgIpc) is 3.04. The Morgan fingerprint density at radius 2 is 2.25 bits per heavy atom. The highest BCUT2D eigenvalue weighted by molar-refractivity contribution is 7.91. The molecule has 1 aromatic heterocycles. The SMILES string of the molecule is CCC(NC1CS(=O)(=O)c2ccccc21)c1nccs1. The van der Waals surface area contributed by atoms with Crippen LogP contribution < -0.4 is 5.32 Å². The van der Waals surface area contributed by atoms with Gasteiger partial charge in [0.15, 0.2) is 9.84 Å². The van der Waals surface area contributed by atoms with E-state index in [0.717, 1.165) is 17.0 Å². The molecular formula is C14H16N2O2S2. The number of benzene rings is 1. The molecule has 6 heteroatoms. The lowest BCUT2D eigenvalue weighted by molar-refractivity contribution is 0.457. The Morgan fingerprint density at radius 3 is 2.95 bits per heavy atom. The molecule has 106 valence electrons. The summed E-state index contributed by atoms with van der Waals surface area (Å²) in [5.41, 5.74) is 0.877. The van der Waals surface area contributed by atoms with Gasteiger partial charge in [0, 0.05) is 17.6 Å². The largest absolute Gasteiger partial charge is 0.300 e. The third kappa shape index (κ3) is 2.39. The maximum Gasteiger partial charge on any atom is 0.180 e. The predicted octanol–water partition coefficient (Wildman–Crippen LogP) is 2.71.